The Morgan fingerprint density at radius 1 is 1.28 bits per heavy atom. The summed E-state index contributed by atoms with van der Waals surface area (Å²) in [6.07, 6.45) is 1.60. The van der Waals surface area contributed by atoms with E-state index in [1.54, 1.807) is 6.20 Å². The van der Waals surface area contributed by atoms with E-state index in [4.69, 9.17) is 0 Å². The van der Waals surface area contributed by atoms with Crippen LogP contribution in [0.5, 0.6) is 0 Å². The van der Waals surface area contributed by atoms with Crippen LogP contribution in [0.2, 0.25) is 0 Å². The van der Waals surface area contributed by atoms with Gasteiger partial charge in [0.1, 0.15) is 0 Å². The fourth-order valence-corrected chi connectivity index (χ4v) is 2.28. The summed E-state index contributed by atoms with van der Waals surface area (Å²) in [6.45, 7) is 3.24. The van der Waals surface area contributed by atoms with Crippen molar-refractivity contribution in [1.29, 1.82) is 0 Å². The van der Waals surface area contributed by atoms with Crippen molar-refractivity contribution in [2.45, 2.75) is 13.8 Å². The quantitative estimate of drug-likeness (QED) is 0.800. The number of aromatic nitrogens is 1. The van der Waals surface area contributed by atoms with Crippen molar-refractivity contribution in [2.75, 3.05) is 0 Å². The third-order valence-corrected chi connectivity index (χ3v) is 3.41. The number of ketones is 1. The highest BCUT2D eigenvalue weighted by Gasteiger charge is 2.10. The molecule has 18 heavy (non-hydrogen) atoms. The van der Waals surface area contributed by atoms with Crippen molar-refractivity contribution in [3.05, 3.63) is 62.5 Å². The van der Waals surface area contributed by atoms with Gasteiger partial charge in [0.25, 0.3) is 0 Å². The molecule has 0 aliphatic rings. The highest BCUT2D eigenvalue weighted by molar-refractivity contribution is 9.10. The Kier molecular flexibility index (Phi) is 3.48. The average Bonchev–Trinajstić information content (AvgIpc) is 2.30. The third kappa shape index (κ3) is 2.29. The number of carbonyl (C=O) groups is 1. The van der Waals surface area contributed by atoms with Crippen molar-refractivity contribution >= 4 is 21.7 Å². The van der Waals surface area contributed by atoms with Crippen molar-refractivity contribution in [3.63, 3.8) is 0 Å². The third-order valence-electron chi connectivity index (χ3n) is 2.73. The molecule has 0 unspecified atom stereocenters. The van der Waals surface area contributed by atoms with E-state index in [-0.39, 0.29) is 16.8 Å². The minimum absolute atomic E-state index is 0.205. The smallest absolute Gasteiger partial charge is 0.192 e. The number of para-hydroxylation sites is 1. The molecule has 2 rings (SSSR count). The second-order valence-electron chi connectivity index (χ2n) is 4.07. The van der Waals surface area contributed by atoms with Crippen LogP contribution in [0.15, 0.2) is 45.8 Å². The normalized spacial score (nSPS) is 10.4. The number of aryl methyl sites for hydroxylation is 1. The molecule has 0 bridgehead atoms. The number of hydrogen-bond acceptors (Lipinski definition) is 2. The molecule has 92 valence electrons. The Morgan fingerprint density at radius 2 is 1.94 bits per heavy atom. The topological polar surface area (TPSA) is 39.1 Å². The van der Waals surface area contributed by atoms with Crippen molar-refractivity contribution in [2.24, 2.45) is 0 Å². The molecule has 1 heterocycles. The highest BCUT2D eigenvalue weighted by atomic mass is 79.9. The molecule has 1 aromatic heterocycles. The number of halogens is 1. The van der Waals surface area contributed by atoms with Gasteiger partial charge >= 0.3 is 0 Å². The lowest BCUT2D eigenvalue weighted by Gasteiger charge is -2.13. The molecule has 0 aliphatic carbocycles. The summed E-state index contributed by atoms with van der Waals surface area (Å²) in [5.74, 6) is -0.221. The summed E-state index contributed by atoms with van der Waals surface area (Å²) in [5.41, 5.74) is 1.66. The maximum Gasteiger partial charge on any atom is 0.192 e. The van der Waals surface area contributed by atoms with Crippen LogP contribution in [0.25, 0.3) is 5.69 Å². The molecule has 0 atom stereocenters. The lowest BCUT2D eigenvalue weighted by molar-refractivity contribution is 0.101. The van der Waals surface area contributed by atoms with Gasteiger partial charge < -0.3 is 4.57 Å². The van der Waals surface area contributed by atoms with E-state index >= 15 is 0 Å². The molecule has 0 saturated heterocycles. The van der Waals surface area contributed by atoms with E-state index in [2.05, 4.69) is 15.9 Å². The zero-order valence-corrected chi connectivity index (χ0v) is 11.7. The number of nitrogens with zero attached hydrogens (tertiary/aromatic N) is 1. The first-order valence-electron chi connectivity index (χ1n) is 5.50. The number of benzene rings is 1. The molecule has 0 saturated carbocycles. The SMILES string of the molecule is CC(=O)c1cn(-c2ccccc2Br)c(C)cc1=O. The molecular weight excluding hydrogens is 294 g/mol. The van der Waals surface area contributed by atoms with E-state index in [1.165, 1.54) is 13.0 Å². The molecule has 0 N–H and O–H groups in total. The zero-order valence-electron chi connectivity index (χ0n) is 10.1. The van der Waals surface area contributed by atoms with Crippen LogP contribution in [-0.4, -0.2) is 10.4 Å². The van der Waals surface area contributed by atoms with Crippen LogP contribution in [0.4, 0.5) is 0 Å². The van der Waals surface area contributed by atoms with Crippen molar-refractivity contribution in [3.8, 4) is 5.69 Å². The van der Waals surface area contributed by atoms with Crippen LogP contribution in [0, 0.1) is 6.92 Å². The summed E-state index contributed by atoms with van der Waals surface area (Å²) >= 11 is 3.46. The molecule has 1 aromatic carbocycles. The maximum absolute atomic E-state index is 11.7. The van der Waals surface area contributed by atoms with E-state index in [9.17, 15) is 9.59 Å². The van der Waals surface area contributed by atoms with E-state index in [0.717, 1.165) is 15.9 Å². The highest BCUT2D eigenvalue weighted by Crippen LogP contribution is 2.21. The maximum atomic E-state index is 11.7. The largest absolute Gasteiger partial charge is 0.319 e. The molecule has 0 fully saturated rings. The van der Waals surface area contributed by atoms with E-state index < -0.39 is 0 Å². The first-order valence-corrected chi connectivity index (χ1v) is 6.29. The van der Waals surface area contributed by atoms with Crippen LogP contribution < -0.4 is 5.43 Å². The van der Waals surface area contributed by atoms with Gasteiger partial charge in [0.2, 0.25) is 0 Å². The number of hydrogen-bond donors (Lipinski definition) is 0. The van der Waals surface area contributed by atoms with E-state index in [1.807, 2.05) is 35.8 Å². The van der Waals surface area contributed by atoms with Crippen LogP contribution in [0.3, 0.4) is 0 Å². The van der Waals surface area contributed by atoms with Gasteiger partial charge in [-0.2, -0.15) is 0 Å². The lowest BCUT2D eigenvalue weighted by Crippen LogP contribution is -2.17. The van der Waals surface area contributed by atoms with Gasteiger partial charge in [0.15, 0.2) is 11.2 Å². The molecule has 4 heteroatoms. The average molecular weight is 306 g/mol. The summed E-state index contributed by atoms with van der Waals surface area (Å²) in [7, 11) is 0. The fraction of sp³-hybridized carbons (Fsp3) is 0.143. The first kappa shape index (κ1) is 12.8. The van der Waals surface area contributed by atoms with Gasteiger partial charge in [-0.15, -0.1) is 0 Å². The summed E-state index contributed by atoms with van der Waals surface area (Å²) < 4.78 is 2.74. The summed E-state index contributed by atoms with van der Waals surface area (Å²) in [4.78, 5) is 23.1. The van der Waals surface area contributed by atoms with Gasteiger partial charge in [-0.3, -0.25) is 9.59 Å². The first-order chi connectivity index (χ1) is 8.50. The van der Waals surface area contributed by atoms with Crippen molar-refractivity contribution in [1.82, 2.24) is 4.57 Å². The molecular formula is C14H12BrNO2. The Hall–Kier alpha value is -1.68. The number of pyridine rings is 1. The van der Waals surface area contributed by atoms with Gasteiger partial charge in [0.05, 0.1) is 11.3 Å². The van der Waals surface area contributed by atoms with Crippen LogP contribution >= 0.6 is 15.9 Å². The van der Waals surface area contributed by atoms with Crippen molar-refractivity contribution < 1.29 is 4.79 Å². The zero-order chi connectivity index (χ0) is 13.3. The van der Waals surface area contributed by atoms with Crippen LogP contribution in [0.1, 0.15) is 23.0 Å². The second kappa shape index (κ2) is 4.90. The predicted molar refractivity (Wildman–Crippen MR) is 74.5 cm³/mol. The lowest BCUT2D eigenvalue weighted by atomic mass is 10.1. The monoisotopic (exact) mass is 305 g/mol. The molecule has 0 aliphatic heterocycles. The number of carbonyl (C=O) groups excluding carboxylic acids is 1. The Balaban J connectivity index is 2.73. The molecule has 2 aromatic rings. The Labute approximate surface area is 113 Å². The predicted octanol–water partition coefficient (Wildman–Crippen LogP) is 3.11. The Bertz CT molecular complexity index is 674. The van der Waals surface area contributed by atoms with Gasteiger partial charge in [-0.1, -0.05) is 12.1 Å². The van der Waals surface area contributed by atoms with Gasteiger partial charge in [-0.25, -0.2) is 0 Å². The Morgan fingerprint density at radius 3 is 2.56 bits per heavy atom. The van der Waals surface area contributed by atoms with Crippen LogP contribution in [-0.2, 0) is 0 Å². The van der Waals surface area contributed by atoms with Gasteiger partial charge in [-0.05, 0) is 41.9 Å². The molecule has 3 nitrogen and oxygen atoms in total. The van der Waals surface area contributed by atoms with Gasteiger partial charge in [0, 0.05) is 22.4 Å². The number of rotatable bonds is 2. The summed E-state index contributed by atoms with van der Waals surface area (Å²) in [5, 5.41) is 0. The molecule has 0 amide bonds. The fourth-order valence-electron chi connectivity index (χ4n) is 1.80. The summed E-state index contributed by atoms with van der Waals surface area (Å²) in [6, 6.07) is 9.14. The standard InChI is InChI=1S/C14H12BrNO2/c1-9-7-14(18)11(10(2)17)8-16(9)13-6-4-3-5-12(13)15/h3-8H,1-2H3. The molecule has 0 radical (unpaired) electrons. The number of Topliss-reactive ketones (excluding diaryl/α,β-unsaturated/α-hetero) is 1. The minimum atomic E-state index is -0.233. The van der Waals surface area contributed by atoms with E-state index in [0.29, 0.717) is 0 Å². The molecule has 0 spiro atoms. The second-order valence-corrected chi connectivity index (χ2v) is 4.92. The minimum Gasteiger partial charge on any atom is -0.319 e.